The first-order chi connectivity index (χ1) is 11.0. The van der Waals surface area contributed by atoms with E-state index in [4.69, 9.17) is 0 Å². The molecule has 2 rings (SSSR count). The maximum Gasteiger partial charge on any atom is 0.261 e. The van der Waals surface area contributed by atoms with Crippen LogP contribution in [-0.4, -0.2) is 34.7 Å². The zero-order valence-electron chi connectivity index (χ0n) is 15.1. The Labute approximate surface area is 143 Å². The fourth-order valence-electron chi connectivity index (χ4n) is 3.47. The smallest absolute Gasteiger partial charge is 0.261 e. The van der Waals surface area contributed by atoms with Crippen LogP contribution in [0.15, 0.2) is 24.3 Å². The summed E-state index contributed by atoms with van der Waals surface area (Å²) in [6.07, 6.45) is 0.942. The van der Waals surface area contributed by atoms with E-state index in [1.165, 1.54) is 0 Å². The van der Waals surface area contributed by atoms with Crippen molar-refractivity contribution in [3.8, 4) is 0 Å². The van der Waals surface area contributed by atoms with Gasteiger partial charge in [0.1, 0.15) is 0 Å². The van der Waals surface area contributed by atoms with Crippen LogP contribution in [0.1, 0.15) is 68.2 Å². The van der Waals surface area contributed by atoms with E-state index in [-0.39, 0.29) is 41.6 Å². The van der Waals surface area contributed by atoms with E-state index in [9.17, 15) is 14.4 Å². The number of nitrogens with one attached hydrogen (secondary N) is 1. The lowest BCUT2D eigenvalue weighted by Gasteiger charge is -2.33. The molecule has 3 amide bonds. The maximum atomic E-state index is 12.3. The van der Waals surface area contributed by atoms with Crippen molar-refractivity contribution in [2.45, 2.75) is 53.0 Å². The molecule has 0 atom stereocenters. The Bertz CT molecular complexity index is 636. The van der Waals surface area contributed by atoms with Crippen LogP contribution in [0.4, 0.5) is 0 Å². The van der Waals surface area contributed by atoms with Crippen molar-refractivity contribution in [2.24, 2.45) is 5.41 Å². The first-order valence-corrected chi connectivity index (χ1v) is 8.26. The molecule has 0 unspecified atom stereocenters. The second-order valence-corrected chi connectivity index (χ2v) is 8.23. The molecular weight excluding hydrogens is 304 g/mol. The average Bonchev–Trinajstić information content (AvgIpc) is 2.66. The molecule has 0 aliphatic carbocycles. The molecule has 24 heavy (non-hydrogen) atoms. The Morgan fingerprint density at radius 1 is 1.00 bits per heavy atom. The second kappa shape index (κ2) is 6.38. The van der Waals surface area contributed by atoms with Crippen molar-refractivity contribution in [3.63, 3.8) is 0 Å². The number of hydrogen-bond donors (Lipinski definition) is 1. The molecule has 0 saturated heterocycles. The first-order valence-electron chi connectivity index (χ1n) is 8.26. The van der Waals surface area contributed by atoms with Gasteiger partial charge in [-0.15, -0.1) is 0 Å². The number of rotatable bonds is 5. The van der Waals surface area contributed by atoms with Crippen molar-refractivity contribution < 1.29 is 14.4 Å². The number of benzene rings is 1. The minimum absolute atomic E-state index is 0.0965. The van der Waals surface area contributed by atoms with Gasteiger partial charge in [0, 0.05) is 18.5 Å². The summed E-state index contributed by atoms with van der Waals surface area (Å²) in [7, 11) is 0. The zero-order valence-corrected chi connectivity index (χ0v) is 15.1. The van der Waals surface area contributed by atoms with Crippen LogP contribution in [0.2, 0.25) is 0 Å². The van der Waals surface area contributed by atoms with Crippen LogP contribution < -0.4 is 5.32 Å². The largest absolute Gasteiger partial charge is 0.351 e. The zero-order chi connectivity index (χ0) is 18.1. The van der Waals surface area contributed by atoms with E-state index in [2.05, 4.69) is 26.1 Å². The van der Waals surface area contributed by atoms with Crippen LogP contribution in [0.25, 0.3) is 0 Å². The molecule has 130 valence electrons. The predicted octanol–water partition coefficient (Wildman–Crippen LogP) is 3.00. The van der Waals surface area contributed by atoms with Gasteiger partial charge in [-0.05, 0) is 37.8 Å². The quantitative estimate of drug-likeness (QED) is 0.844. The Morgan fingerprint density at radius 3 is 1.96 bits per heavy atom. The topological polar surface area (TPSA) is 66.5 Å². The van der Waals surface area contributed by atoms with Crippen molar-refractivity contribution >= 4 is 17.7 Å². The Kier molecular flexibility index (Phi) is 4.83. The fraction of sp³-hybridized carbons (Fsp3) is 0.526. The predicted molar refractivity (Wildman–Crippen MR) is 92.7 cm³/mol. The van der Waals surface area contributed by atoms with Gasteiger partial charge in [-0.3, -0.25) is 19.3 Å². The van der Waals surface area contributed by atoms with Crippen LogP contribution in [0.5, 0.6) is 0 Å². The van der Waals surface area contributed by atoms with Crippen molar-refractivity contribution in [3.05, 3.63) is 35.4 Å². The summed E-state index contributed by atoms with van der Waals surface area (Å²) < 4.78 is 0. The van der Waals surface area contributed by atoms with Gasteiger partial charge in [0.05, 0.1) is 11.1 Å². The number of nitrogens with zero attached hydrogens (tertiary/aromatic N) is 1. The molecular formula is C19H26N2O3. The minimum atomic E-state index is -0.336. The van der Waals surface area contributed by atoms with E-state index in [0.717, 1.165) is 11.3 Å². The number of imide groups is 1. The van der Waals surface area contributed by atoms with E-state index in [1.807, 2.05) is 13.8 Å². The molecule has 5 heteroatoms. The number of amides is 3. The summed E-state index contributed by atoms with van der Waals surface area (Å²) in [5.74, 6) is -0.796. The summed E-state index contributed by atoms with van der Waals surface area (Å²) in [6, 6.07) is 6.74. The Hall–Kier alpha value is -2.17. The van der Waals surface area contributed by atoms with E-state index >= 15 is 0 Å². The van der Waals surface area contributed by atoms with Gasteiger partial charge >= 0.3 is 0 Å². The molecule has 1 N–H and O–H groups in total. The van der Waals surface area contributed by atoms with Crippen LogP contribution in [0, 0.1) is 5.41 Å². The van der Waals surface area contributed by atoms with Crippen molar-refractivity contribution in [2.75, 3.05) is 6.54 Å². The fourth-order valence-corrected chi connectivity index (χ4v) is 3.47. The summed E-state index contributed by atoms with van der Waals surface area (Å²) in [5.41, 5.74) is 0.586. The lowest BCUT2D eigenvalue weighted by Crippen LogP contribution is -2.46. The summed E-state index contributed by atoms with van der Waals surface area (Å²) in [6.45, 7) is 10.4. The lowest BCUT2D eigenvalue weighted by molar-refractivity contribution is -0.123. The second-order valence-electron chi connectivity index (χ2n) is 8.23. The van der Waals surface area contributed by atoms with Crippen LogP contribution in [0.3, 0.4) is 0 Å². The Morgan fingerprint density at radius 2 is 1.50 bits per heavy atom. The number of carbonyl (C=O) groups is 3. The van der Waals surface area contributed by atoms with Gasteiger partial charge in [-0.2, -0.15) is 0 Å². The average molecular weight is 330 g/mol. The molecule has 1 aromatic rings. The third-order valence-corrected chi connectivity index (χ3v) is 3.89. The molecule has 0 fully saturated rings. The lowest BCUT2D eigenvalue weighted by atomic mass is 9.82. The highest BCUT2D eigenvalue weighted by molar-refractivity contribution is 6.21. The maximum absolute atomic E-state index is 12.3. The molecule has 0 saturated carbocycles. The summed E-state index contributed by atoms with van der Waals surface area (Å²) in [5, 5.41) is 3.00. The third kappa shape index (κ3) is 4.22. The molecule has 0 bridgehead atoms. The molecule has 1 aromatic carbocycles. The van der Waals surface area contributed by atoms with Gasteiger partial charge < -0.3 is 5.32 Å². The van der Waals surface area contributed by atoms with E-state index in [1.54, 1.807) is 24.3 Å². The monoisotopic (exact) mass is 330 g/mol. The van der Waals surface area contributed by atoms with Gasteiger partial charge in [-0.1, -0.05) is 32.9 Å². The summed E-state index contributed by atoms with van der Waals surface area (Å²) in [4.78, 5) is 37.9. The molecule has 0 spiro atoms. The highest BCUT2D eigenvalue weighted by atomic mass is 16.2. The third-order valence-electron chi connectivity index (χ3n) is 3.89. The molecule has 1 aliphatic heterocycles. The van der Waals surface area contributed by atoms with Gasteiger partial charge in [0.25, 0.3) is 11.8 Å². The Balaban J connectivity index is 1.94. The van der Waals surface area contributed by atoms with Crippen LogP contribution in [-0.2, 0) is 4.79 Å². The standard InChI is InChI=1S/C19H26N2O3/c1-18(2,3)12-19(4,5)20-15(22)10-11-21-16(23)13-8-6-7-9-14(13)17(21)24/h6-9H,10-12H2,1-5H3,(H,20,22). The highest BCUT2D eigenvalue weighted by Crippen LogP contribution is 2.27. The molecule has 1 aliphatic rings. The molecule has 5 nitrogen and oxygen atoms in total. The van der Waals surface area contributed by atoms with E-state index in [0.29, 0.717) is 11.1 Å². The van der Waals surface area contributed by atoms with Crippen LogP contribution >= 0.6 is 0 Å². The number of fused-ring (bicyclic) bond motifs is 1. The highest BCUT2D eigenvalue weighted by Gasteiger charge is 2.35. The SMILES string of the molecule is CC(C)(C)CC(C)(C)NC(=O)CCN1C(=O)c2ccccc2C1=O. The number of carbonyl (C=O) groups excluding carboxylic acids is 3. The number of hydrogen-bond acceptors (Lipinski definition) is 3. The molecule has 0 aromatic heterocycles. The first kappa shape index (κ1) is 18.2. The normalized spacial score (nSPS) is 14.8. The van der Waals surface area contributed by atoms with Crippen molar-refractivity contribution in [1.29, 1.82) is 0 Å². The molecule has 0 radical (unpaired) electrons. The van der Waals surface area contributed by atoms with Gasteiger partial charge in [0.15, 0.2) is 0 Å². The van der Waals surface area contributed by atoms with Gasteiger partial charge in [-0.25, -0.2) is 0 Å². The van der Waals surface area contributed by atoms with Gasteiger partial charge in [0.2, 0.25) is 5.91 Å². The van der Waals surface area contributed by atoms with E-state index < -0.39 is 0 Å². The molecule has 1 heterocycles. The minimum Gasteiger partial charge on any atom is -0.351 e. The van der Waals surface area contributed by atoms with Crippen molar-refractivity contribution in [1.82, 2.24) is 10.2 Å². The summed E-state index contributed by atoms with van der Waals surface area (Å²) >= 11 is 0.